The molecule has 1 aromatic rings. The van der Waals surface area contributed by atoms with E-state index in [1.807, 2.05) is 12.4 Å². The molecule has 0 aliphatic carbocycles. The minimum absolute atomic E-state index is 0.608. The van der Waals surface area contributed by atoms with E-state index in [-0.39, 0.29) is 0 Å². The minimum Gasteiger partial charge on any atom is -0.341 e. The predicted octanol–water partition coefficient (Wildman–Crippen LogP) is 2.65. The Morgan fingerprint density at radius 3 is 2.41 bits per heavy atom. The van der Waals surface area contributed by atoms with Crippen LogP contribution in [0.2, 0.25) is 0 Å². The average Bonchev–Trinajstić information content (AvgIpc) is 2.39. The molecule has 0 radical (unpaired) electrons. The van der Waals surface area contributed by atoms with Gasteiger partial charge in [-0.15, -0.1) is 0 Å². The second-order valence-electron chi connectivity index (χ2n) is 4.62. The van der Waals surface area contributed by atoms with E-state index in [0.717, 1.165) is 43.2 Å². The summed E-state index contributed by atoms with van der Waals surface area (Å²) in [6, 6.07) is 0. The van der Waals surface area contributed by atoms with Gasteiger partial charge in [-0.05, 0) is 42.5 Å². The smallest absolute Gasteiger partial charge is 0.225 e. The summed E-state index contributed by atoms with van der Waals surface area (Å²) in [5.41, 5.74) is 1.19. The maximum atomic E-state index is 5.25. The van der Waals surface area contributed by atoms with Crippen LogP contribution in [0.4, 0.5) is 5.95 Å². The molecule has 1 saturated heterocycles. The zero-order chi connectivity index (χ0) is 12.3. The van der Waals surface area contributed by atoms with Crippen molar-refractivity contribution in [2.24, 2.45) is 5.92 Å². The van der Waals surface area contributed by atoms with E-state index < -0.39 is 0 Å². The van der Waals surface area contributed by atoms with Crippen LogP contribution in [0, 0.1) is 5.92 Å². The fourth-order valence-electron chi connectivity index (χ4n) is 2.18. The highest BCUT2D eigenvalue weighted by molar-refractivity contribution is 7.80. The maximum Gasteiger partial charge on any atom is 0.225 e. The standard InChI is InChI=1S/C13H19N3S/c1-3-11-8-14-13(15-9-11)16-6-4-12(5-7-16)10(2)17/h8-9,12H,3-7H2,1-2H3. The summed E-state index contributed by atoms with van der Waals surface area (Å²) in [6.45, 7) is 6.21. The fourth-order valence-corrected chi connectivity index (χ4v) is 2.42. The van der Waals surface area contributed by atoms with Crippen molar-refractivity contribution >= 4 is 23.0 Å². The van der Waals surface area contributed by atoms with Crippen LogP contribution in [-0.2, 0) is 6.42 Å². The molecule has 0 N–H and O–H groups in total. The molecule has 1 aromatic heterocycles. The Kier molecular flexibility index (Phi) is 4.05. The zero-order valence-corrected chi connectivity index (χ0v) is 11.3. The number of hydrogen-bond donors (Lipinski definition) is 0. The van der Waals surface area contributed by atoms with E-state index in [1.165, 1.54) is 5.56 Å². The van der Waals surface area contributed by atoms with Crippen LogP contribution < -0.4 is 4.90 Å². The Hall–Kier alpha value is -1.03. The molecule has 2 rings (SSSR count). The SMILES string of the molecule is CCc1cnc(N2CCC(C(C)=S)CC2)nc1. The van der Waals surface area contributed by atoms with Gasteiger partial charge in [0.05, 0.1) is 0 Å². The molecule has 0 spiro atoms. The van der Waals surface area contributed by atoms with Crippen molar-refractivity contribution in [1.82, 2.24) is 9.97 Å². The lowest BCUT2D eigenvalue weighted by molar-refractivity contribution is 0.499. The summed E-state index contributed by atoms with van der Waals surface area (Å²) >= 11 is 5.25. The molecule has 4 heteroatoms. The topological polar surface area (TPSA) is 29.0 Å². The molecule has 2 heterocycles. The van der Waals surface area contributed by atoms with E-state index in [1.54, 1.807) is 0 Å². The van der Waals surface area contributed by atoms with Crippen LogP contribution in [0.25, 0.3) is 0 Å². The molecule has 3 nitrogen and oxygen atoms in total. The average molecular weight is 249 g/mol. The Bertz CT molecular complexity index is 380. The summed E-state index contributed by atoms with van der Waals surface area (Å²) in [7, 11) is 0. The van der Waals surface area contributed by atoms with Crippen LogP contribution in [0.3, 0.4) is 0 Å². The van der Waals surface area contributed by atoms with Gasteiger partial charge in [0.15, 0.2) is 0 Å². The van der Waals surface area contributed by atoms with E-state index >= 15 is 0 Å². The van der Waals surface area contributed by atoms with Crippen LogP contribution in [0.1, 0.15) is 32.3 Å². The lowest BCUT2D eigenvalue weighted by atomic mass is 9.94. The highest BCUT2D eigenvalue weighted by Crippen LogP contribution is 2.21. The number of aromatic nitrogens is 2. The van der Waals surface area contributed by atoms with Crippen molar-refractivity contribution in [2.45, 2.75) is 33.1 Å². The van der Waals surface area contributed by atoms with Gasteiger partial charge in [0.2, 0.25) is 5.95 Å². The van der Waals surface area contributed by atoms with E-state index in [4.69, 9.17) is 12.2 Å². The molecule has 1 aliphatic heterocycles. The van der Waals surface area contributed by atoms with E-state index in [9.17, 15) is 0 Å². The number of aryl methyl sites for hydroxylation is 1. The summed E-state index contributed by atoms with van der Waals surface area (Å²) in [6.07, 6.45) is 7.12. The van der Waals surface area contributed by atoms with Gasteiger partial charge < -0.3 is 4.90 Å². The Morgan fingerprint density at radius 1 is 1.35 bits per heavy atom. The number of rotatable bonds is 3. The highest BCUT2D eigenvalue weighted by Gasteiger charge is 2.21. The Balaban J connectivity index is 1.97. The normalized spacial score (nSPS) is 17.2. The lowest BCUT2D eigenvalue weighted by Crippen LogP contribution is -2.36. The highest BCUT2D eigenvalue weighted by atomic mass is 32.1. The van der Waals surface area contributed by atoms with Gasteiger partial charge in [0, 0.05) is 25.5 Å². The van der Waals surface area contributed by atoms with Gasteiger partial charge in [-0.2, -0.15) is 0 Å². The molecule has 0 bridgehead atoms. The third-order valence-corrected chi connectivity index (χ3v) is 3.79. The summed E-state index contributed by atoms with van der Waals surface area (Å²) in [5.74, 6) is 1.47. The molecule has 0 amide bonds. The van der Waals surface area contributed by atoms with Crippen molar-refractivity contribution in [3.05, 3.63) is 18.0 Å². The minimum atomic E-state index is 0.608. The molecule has 0 aromatic carbocycles. The first-order valence-corrected chi connectivity index (χ1v) is 6.68. The lowest BCUT2D eigenvalue weighted by Gasteiger charge is -2.31. The quantitative estimate of drug-likeness (QED) is 0.770. The molecule has 0 atom stereocenters. The molecule has 92 valence electrons. The van der Waals surface area contributed by atoms with Crippen LogP contribution in [0.15, 0.2) is 12.4 Å². The monoisotopic (exact) mass is 249 g/mol. The molecular formula is C13H19N3S. The third-order valence-electron chi connectivity index (χ3n) is 3.45. The molecule has 1 aliphatic rings. The zero-order valence-electron chi connectivity index (χ0n) is 10.5. The van der Waals surface area contributed by atoms with Crippen LogP contribution in [0.5, 0.6) is 0 Å². The third kappa shape index (κ3) is 3.00. The predicted molar refractivity (Wildman–Crippen MR) is 74.6 cm³/mol. The van der Waals surface area contributed by atoms with E-state index in [0.29, 0.717) is 5.92 Å². The first-order chi connectivity index (χ1) is 8.20. The first-order valence-electron chi connectivity index (χ1n) is 6.27. The van der Waals surface area contributed by atoms with Gasteiger partial charge in [0.1, 0.15) is 0 Å². The Morgan fingerprint density at radius 2 is 1.94 bits per heavy atom. The molecule has 0 unspecified atom stereocenters. The number of nitrogens with zero attached hydrogens (tertiary/aromatic N) is 3. The number of anilines is 1. The molecular weight excluding hydrogens is 230 g/mol. The van der Waals surface area contributed by atoms with Gasteiger partial charge >= 0.3 is 0 Å². The number of hydrogen-bond acceptors (Lipinski definition) is 4. The van der Waals surface area contributed by atoms with Gasteiger partial charge in [-0.1, -0.05) is 19.1 Å². The maximum absolute atomic E-state index is 5.25. The summed E-state index contributed by atoms with van der Waals surface area (Å²) in [4.78, 5) is 12.3. The van der Waals surface area contributed by atoms with Crippen LogP contribution in [-0.4, -0.2) is 27.9 Å². The largest absolute Gasteiger partial charge is 0.341 e. The van der Waals surface area contributed by atoms with E-state index in [2.05, 4.69) is 28.7 Å². The van der Waals surface area contributed by atoms with Gasteiger partial charge in [-0.25, -0.2) is 9.97 Å². The summed E-state index contributed by atoms with van der Waals surface area (Å²) in [5, 5.41) is 0. The first kappa shape index (κ1) is 12.4. The molecule has 1 fully saturated rings. The second-order valence-corrected chi connectivity index (χ2v) is 5.26. The van der Waals surface area contributed by atoms with Crippen LogP contribution >= 0.6 is 12.2 Å². The van der Waals surface area contributed by atoms with Gasteiger partial charge in [0.25, 0.3) is 0 Å². The Labute approximate surface area is 108 Å². The second kappa shape index (κ2) is 5.54. The number of piperidine rings is 1. The molecule has 17 heavy (non-hydrogen) atoms. The van der Waals surface area contributed by atoms with Crippen molar-refractivity contribution in [3.8, 4) is 0 Å². The van der Waals surface area contributed by atoms with Crippen molar-refractivity contribution in [3.63, 3.8) is 0 Å². The summed E-state index contributed by atoms with van der Waals surface area (Å²) < 4.78 is 0. The molecule has 0 saturated carbocycles. The number of thiocarbonyl (C=S) groups is 1. The van der Waals surface area contributed by atoms with Crippen molar-refractivity contribution in [2.75, 3.05) is 18.0 Å². The van der Waals surface area contributed by atoms with Gasteiger partial charge in [-0.3, -0.25) is 0 Å². The van der Waals surface area contributed by atoms with Crippen molar-refractivity contribution in [1.29, 1.82) is 0 Å². The van der Waals surface area contributed by atoms with Crippen molar-refractivity contribution < 1.29 is 0 Å². The fraction of sp³-hybridized carbons (Fsp3) is 0.615.